The van der Waals surface area contributed by atoms with Crippen molar-refractivity contribution in [2.75, 3.05) is 6.61 Å². The van der Waals surface area contributed by atoms with Crippen LogP contribution in [0.25, 0.3) is 0 Å². The van der Waals surface area contributed by atoms with Crippen LogP contribution in [-0.4, -0.2) is 33.6 Å². The summed E-state index contributed by atoms with van der Waals surface area (Å²) in [5.41, 5.74) is 0. The molecular formula is C57H110O10Si. The first kappa shape index (κ1) is 66.2. The Morgan fingerprint density at radius 1 is 0.309 bits per heavy atom. The van der Waals surface area contributed by atoms with Crippen molar-refractivity contribution < 1.29 is 47.2 Å². The molecule has 0 aliphatic heterocycles. The summed E-state index contributed by atoms with van der Waals surface area (Å²) in [6, 6.07) is 0. The van der Waals surface area contributed by atoms with Crippen LogP contribution < -0.4 is 0 Å². The first-order valence-corrected chi connectivity index (χ1v) is 31.0. The molecule has 0 aromatic carbocycles. The van der Waals surface area contributed by atoms with Crippen molar-refractivity contribution in [1.29, 1.82) is 0 Å². The Morgan fingerprint density at radius 3 is 0.662 bits per heavy atom. The molecule has 0 unspecified atom stereocenters. The lowest BCUT2D eigenvalue weighted by Crippen LogP contribution is -2.50. The van der Waals surface area contributed by atoms with Gasteiger partial charge in [0.25, 0.3) is 0 Å². The van der Waals surface area contributed by atoms with Gasteiger partial charge in [-0.05, 0) is 19.3 Å². The van der Waals surface area contributed by atoms with E-state index in [1.165, 1.54) is 218 Å². The molecule has 0 fully saturated rings. The Kier molecular flexibility index (Phi) is 53.1. The molecule has 10 nitrogen and oxygen atoms in total. The zero-order valence-corrected chi connectivity index (χ0v) is 46.0. The van der Waals surface area contributed by atoms with E-state index < -0.39 is 27.0 Å². The lowest BCUT2D eigenvalue weighted by Gasteiger charge is -2.22. The molecule has 68 heavy (non-hydrogen) atoms. The summed E-state index contributed by atoms with van der Waals surface area (Å²) in [5, 5.41) is 0. The standard InChI is InChI=1S/C57H110O10Si/c1-5-9-12-15-18-21-24-27-30-33-36-39-42-45-48-51-55(58)62-65-68(61-54-8-4,66-63-56(59)52-49-46-43-40-37-34-31-28-25-22-19-16-13-10-6-2)67-64-57(60)53-50-47-44-41-38-35-32-29-26-23-20-17-14-11-7-3/h8H,4-7,9-54H2,1-3H3. The first-order chi connectivity index (χ1) is 33.4. The third-order valence-corrected chi connectivity index (χ3v) is 14.4. The Hall–Kier alpha value is -1.79. The molecule has 0 rings (SSSR count). The molecule has 0 amide bonds. The lowest BCUT2D eigenvalue weighted by atomic mass is 10.0. The summed E-state index contributed by atoms with van der Waals surface area (Å²) in [7, 11) is -4.67. The van der Waals surface area contributed by atoms with Gasteiger partial charge < -0.3 is 19.1 Å². The van der Waals surface area contributed by atoms with Crippen molar-refractivity contribution in [3.8, 4) is 0 Å². The van der Waals surface area contributed by atoms with Gasteiger partial charge in [0.15, 0.2) is 0 Å². The summed E-state index contributed by atoms with van der Waals surface area (Å²) in [6.45, 7) is 10.3. The van der Waals surface area contributed by atoms with Crippen LogP contribution in [0.1, 0.15) is 329 Å². The number of carbonyl (C=O) groups is 3. The molecule has 0 aromatic rings. The molecule has 0 radical (unpaired) electrons. The lowest BCUT2D eigenvalue weighted by molar-refractivity contribution is -0.355. The molecule has 0 atom stereocenters. The zero-order chi connectivity index (χ0) is 49.5. The predicted molar refractivity (Wildman–Crippen MR) is 282 cm³/mol. The average Bonchev–Trinajstić information content (AvgIpc) is 3.34. The fourth-order valence-corrected chi connectivity index (χ4v) is 9.75. The summed E-state index contributed by atoms with van der Waals surface area (Å²) < 4.78 is 21.7. The second kappa shape index (κ2) is 54.5. The van der Waals surface area contributed by atoms with Gasteiger partial charge in [-0.2, -0.15) is 0 Å². The number of rotatable bonds is 57. The first-order valence-electron chi connectivity index (χ1n) is 29.3. The second-order valence-corrected chi connectivity index (χ2v) is 21.6. The van der Waals surface area contributed by atoms with Crippen molar-refractivity contribution in [2.24, 2.45) is 0 Å². The molecule has 0 N–H and O–H groups in total. The van der Waals surface area contributed by atoms with E-state index in [0.29, 0.717) is 19.3 Å². The number of unbranched alkanes of at least 4 members (excludes halogenated alkanes) is 42. The minimum absolute atomic E-state index is 0.113. The van der Waals surface area contributed by atoms with Crippen LogP contribution >= 0.6 is 0 Å². The molecule has 11 heteroatoms. The molecule has 0 aliphatic rings. The molecular weight excluding hydrogens is 873 g/mol. The number of hydrogen-bond acceptors (Lipinski definition) is 10. The number of hydrogen-bond donors (Lipinski definition) is 0. The summed E-state index contributed by atoms with van der Waals surface area (Å²) in [5.74, 6) is -1.96. The number of carbonyl (C=O) groups excluding carboxylic acids is 3. The van der Waals surface area contributed by atoms with Gasteiger partial charge in [0.1, 0.15) is 0 Å². The van der Waals surface area contributed by atoms with E-state index in [1.807, 2.05) is 0 Å². The highest BCUT2D eigenvalue weighted by Gasteiger charge is 2.56. The van der Waals surface area contributed by atoms with E-state index >= 15 is 0 Å². The molecule has 0 bridgehead atoms. The maximum absolute atomic E-state index is 12.8. The monoisotopic (exact) mass is 983 g/mol. The van der Waals surface area contributed by atoms with Gasteiger partial charge in [-0.25, -0.2) is 14.4 Å². The Balaban J connectivity index is 4.73. The maximum Gasteiger partial charge on any atom is 0.793 e. The predicted octanol–water partition coefficient (Wildman–Crippen LogP) is 18.8. The Morgan fingerprint density at radius 2 is 0.485 bits per heavy atom. The minimum Gasteiger partial charge on any atom is -0.342 e. The molecule has 402 valence electrons. The van der Waals surface area contributed by atoms with Gasteiger partial charge in [-0.1, -0.05) is 297 Å². The third kappa shape index (κ3) is 49.2. The van der Waals surface area contributed by atoms with Crippen molar-refractivity contribution in [3.63, 3.8) is 0 Å². The molecule has 0 aromatic heterocycles. The van der Waals surface area contributed by atoms with Gasteiger partial charge in [0.05, 0.1) is 6.61 Å². The average molecular weight is 984 g/mol. The quantitative estimate of drug-likeness (QED) is 0.0192. The smallest absolute Gasteiger partial charge is 0.342 e. The van der Waals surface area contributed by atoms with Gasteiger partial charge in [0, 0.05) is 19.3 Å². The van der Waals surface area contributed by atoms with Crippen LogP contribution in [0.4, 0.5) is 0 Å². The van der Waals surface area contributed by atoms with E-state index in [1.54, 1.807) is 0 Å². The Labute approximate surface area is 420 Å². The zero-order valence-electron chi connectivity index (χ0n) is 45.0. The van der Waals surface area contributed by atoms with Crippen LogP contribution in [0.2, 0.25) is 0 Å². The van der Waals surface area contributed by atoms with Gasteiger partial charge in [0.2, 0.25) is 0 Å². The van der Waals surface area contributed by atoms with E-state index in [9.17, 15) is 14.4 Å². The van der Waals surface area contributed by atoms with Crippen molar-refractivity contribution >= 4 is 27.0 Å². The van der Waals surface area contributed by atoms with Crippen molar-refractivity contribution in [3.05, 3.63) is 12.7 Å². The summed E-state index contributed by atoms with van der Waals surface area (Å²) >= 11 is 0. The van der Waals surface area contributed by atoms with Crippen molar-refractivity contribution in [1.82, 2.24) is 0 Å². The topological polar surface area (TPSA) is 116 Å². The molecule has 0 spiro atoms. The summed E-state index contributed by atoms with van der Waals surface area (Å²) in [6.07, 6.45) is 56.7. The molecule has 0 heterocycles. The van der Waals surface area contributed by atoms with Gasteiger partial charge >= 0.3 is 27.0 Å². The van der Waals surface area contributed by atoms with Crippen LogP contribution in [0.3, 0.4) is 0 Å². The molecule has 0 saturated heterocycles. The SMILES string of the molecule is C=CCO[Si](OOC(=O)CCCCCCCCCCCCCCCCC)(OOC(=O)CCCCCCCCCCCCCCCCC)OOC(=O)CCCCCCCCCCCCCCCCC. The van der Waals surface area contributed by atoms with E-state index in [0.717, 1.165) is 57.8 Å². The van der Waals surface area contributed by atoms with Crippen LogP contribution in [0.5, 0.6) is 0 Å². The van der Waals surface area contributed by atoms with Crippen LogP contribution in [-0.2, 0) is 47.2 Å². The fraction of sp³-hybridized carbons (Fsp3) is 0.912. The van der Waals surface area contributed by atoms with Crippen molar-refractivity contribution in [2.45, 2.75) is 329 Å². The Bertz CT molecular complexity index is 969. The fourth-order valence-electron chi connectivity index (χ4n) is 8.61. The van der Waals surface area contributed by atoms with Gasteiger partial charge in [-0.15, -0.1) is 20.3 Å². The highest BCUT2D eigenvalue weighted by atomic mass is 28.4. The van der Waals surface area contributed by atoms with E-state index in [-0.39, 0.29) is 25.9 Å². The molecule has 0 aliphatic carbocycles. The second-order valence-electron chi connectivity index (χ2n) is 19.8. The van der Waals surface area contributed by atoms with Crippen LogP contribution in [0.15, 0.2) is 12.7 Å². The normalized spacial score (nSPS) is 11.6. The largest absolute Gasteiger partial charge is 0.793 e. The maximum atomic E-state index is 12.8. The minimum atomic E-state index is -4.67. The third-order valence-electron chi connectivity index (χ3n) is 13.0. The van der Waals surface area contributed by atoms with E-state index in [4.69, 9.17) is 32.8 Å². The van der Waals surface area contributed by atoms with Crippen LogP contribution in [0, 0.1) is 0 Å². The highest BCUT2D eigenvalue weighted by Crippen LogP contribution is 2.20. The van der Waals surface area contributed by atoms with E-state index in [2.05, 4.69) is 27.4 Å². The summed E-state index contributed by atoms with van der Waals surface area (Å²) in [4.78, 5) is 53.6. The highest BCUT2D eigenvalue weighted by molar-refractivity contribution is 6.52. The van der Waals surface area contributed by atoms with Gasteiger partial charge in [-0.3, -0.25) is 0 Å². The molecule has 0 saturated carbocycles.